The Kier molecular flexibility index (Phi) is 12.2. The van der Waals surface area contributed by atoms with E-state index >= 15 is 0 Å². The van der Waals surface area contributed by atoms with Crippen LogP contribution in [-0.2, 0) is 4.79 Å². The summed E-state index contributed by atoms with van der Waals surface area (Å²) in [5.74, 6) is -0.987. The highest BCUT2D eigenvalue weighted by Crippen LogP contribution is 2.30. The predicted octanol–water partition coefficient (Wildman–Crippen LogP) is 3.59. The van der Waals surface area contributed by atoms with Crippen molar-refractivity contribution in [3.63, 3.8) is 0 Å². The molecule has 0 heterocycles. The monoisotopic (exact) mass is 617 g/mol. The molecule has 2 rings (SSSR count). The molecule has 0 bridgehead atoms. The van der Waals surface area contributed by atoms with Crippen molar-refractivity contribution in [1.29, 1.82) is 0 Å². The zero-order valence-corrected chi connectivity index (χ0v) is 21.0. The lowest BCUT2D eigenvalue weighted by Gasteiger charge is -2.03. The third kappa shape index (κ3) is 10.8. The number of non-ortho nitro benzene ring substituents is 2. The number of carboxylic acid groups (broad SMARTS) is 1. The lowest BCUT2D eigenvalue weighted by molar-refractivity contribution is -0.385. The number of nitro groups is 2. The molecule has 0 fully saturated rings. The highest BCUT2D eigenvalue weighted by Gasteiger charge is 2.11. The van der Waals surface area contributed by atoms with E-state index < -0.39 is 21.9 Å². The number of benzene rings is 2. The van der Waals surface area contributed by atoms with E-state index in [2.05, 4.69) is 52.6 Å². The number of nitrogens with one attached hydrogen (secondary N) is 1. The van der Waals surface area contributed by atoms with Crippen LogP contribution in [0.25, 0.3) is 0 Å². The van der Waals surface area contributed by atoms with Crippen LogP contribution in [0.15, 0.2) is 60.7 Å². The van der Waals surface area contributed by atoms with Gasteiger partial charge in [0.15, 0.2) is 5.96 Å². The minimum absolute atomic E-state index is 0.0129. The van der Waals surface area contributed by atoms with Crippen LogP contribution in [-0.4, -0.2) is 39.5 Å². The van der Waals surface area contributed by atoms with Crippen molar-refractivity contribution < 1.29 is 19.7 Å². The van der Waals surface area contributed by atoms with Gasteiger partial charge in [-0.05, 0) is 56.8 Å². The van der Waals surface area contributed by atoms with Crippen LogP contribution in [0.5, 0.6) is 0 Å². The molecule has 2 aromatic carbocycles. The normalized spacial score (nSPS) is 11.2. The van der Waals surface area contributed by atoms with Crippen molar-refractivity contribution in [3.05, 3.63) is 65.6 Å². The van der Waals surface area contributed by atoms with E-state index in [0.29, 0.717) is 39.7 Å². The Morgan fingerprint density at radius 2 is 1.63 bits per heavy atom. The first kappa shape index (κ1) is 29.3. The van der Waals surface area contributed by atoms with Crippen molar-refractivity contribution in [1.82, 2.24) is 0 Å². The minimum atomic E-state index is -1.00. The summed E-state index contributed by atoms with van der Waals surface area (Å²) >= 11 is 6.36. The molecule has 1 atom stereocenters. The van der Waals surface area contributed by atoms with E-state index in [1.54, 1.807) is 0 Å². The molecule has 188 valence electrons. The number of nitro benzene ring substituents is 2. The molecule has 0 aliphatic carbocycles. The summed E-state index contributed by atoms with van der Waals surface area (Å²) in [4.78, 5) is 34.2. The van der Waals surface area contributed by atoms with E-state index in [1.807, 2.05) is 0 Å². The first-order valence-corrected chi connectivity index (χ1v) is 11.1. The highest BCUT2D eigenvalue weighted by atomic mass is 79.9. The standard InChI is InChI=1S/C12H7Br2N5O4.C6H14N4O2/c13-9-5-7(18(20)21)1-3-11(9)15-17-16-12-4-2-8(19(22)23)6-10(12)14;7-4(5(11)12)2-1-3-10-6(8)9/h1-6H,(H,15,16);4H,1-3,7H2,(H,11,12)(H4,8,9,10)/t;4-/m.0/s1. The number of halogens is 2. The lowest BCUT2D eigenvalue weighted by atomic mass is 10.2. The molecule has 35 heavy (non-hydrogen) atoms. The zero-order valence-electron chi connectivity index (χ0n) is 17.9. The maximum atomic E-state index is 10.6. The van der Waals surface area contributed by atoms with Gasteiger partial charge in [-0.3, -0.25) is 35.4 Å². The number of rotatable bonds is 10. The fourth-order valence-electron chi connectivity index (χ4n) is 2.17. The molecule has 0 aromatic heterocycles. The first-order chi connectivity index (χ1) is 16.4. The predicted molar refractivity (Wildman–Crippen MR) is 135 cm³/mol. The van der Waals surface area contributed by atoms with Crippen LogP contribution in [0.3, 0.4) is 0 Å². The summed E-state index contributed by atoms with van der Waals surface area (Å²) in [6.45, 7) is 0.420. The van der Waals surface area contributed by atoms with Gasteiger partial charge in [-0.25, -0.2) is 0 Å². The first-order valence-electron chi connectivity index (χ1n) is 9.50. The maximum Gasteiger partial charge on any atom is 0.320 e. The van der Waals surface area contributed by atoms with Gasteiger partial charge in [-0.2, -0.15) is 0 Å². The van der Waals surface area contributed by atoms with Gasteiger partial charge in [0.1, 0.15) is 11.7 Å². The molecule has 0 amide bonds. The third-order valence-electron chi connectivity index (χ3n) is 3.92. The largest absolute Gasteiger partial charge is 0.480 e. The lowest BCUT2D eigenvalue weighted by Crippen LogP contribution is -2.30. The molecular formula is C18H21Br2N9O6. The molecule has 15 nitrogen and oxygen atoms in total. The second-order valence-electron chi connectivity index (χ2n) is 6.52. The molecule has 0 saturated carbocycles. The van der Waals surface area contributed by atoms with Gasteiger partial charge in [-0.15, -0.1) is 5.11 Å². The smallest absolute Gasteiger partial charge is 0.320 e. The average molecular weight is 619 g/mol. The highest BCUT2D eigenvalue weighted by molar-refractivity contribution is 9.11. The molecule has 2 aromatic rings. The fourth-order valence-corrected chi connectivity index (χ4v) is 3.08. The summed E-state index contributed by atoms with van der Waals surface area (Å²) in [5, 5.41) is 37.3. The van der Waals surface area contributed by atoms with Crippen LogP contribution >= 0.6 is 31.9 Å². The number of guanidine groups is 1. The SMILES string of the molecule is NC(N)=NCCC[C@H](N)C(=O)O.O=[N+]([O-])c1ccc(N=NNc2ccc([N+](=O)[O-])cc2Br)c(Br)c1. The maximum absolute atomic E-state index is 10.6. The van der Waals surface area contributed by atoms with Gasteiger partial charge < -0.3 is 22.3 Å². The van der Waals surface area contributed by atoms with Crippen molar-refractivity contribution in [2.75, 3.05) is 12.0 Å². The number of carboxylic acids is 1. The summed E-state index contributed by atoms with van der Waals surface area (Å²) in [6, 6.07) is 7.38. The van der Waals surface area contributed by atoms with Crippen molar-refractivity contribution in [2.24, 2.45) is 32.5 Å². The van der Waals surface area contributed by atoms with Crippen LogP contribution < -0.4 is 22.6 Å². The second kappa shape index (κ2) is 14.5. The number of anilines is 1. The molecule has 0 radical (unpaired) electrons. The summed E-state index contributed by atoms with van der Waals surface area (Å²) in [7, 11) is 0. The van der Waals surface area contributed by atoms with Crippen LogP contribution in [0, 0.1) is 20.2 Å². The Balaban J connectivity index is 0.000000434. The quantitative estimate of drug-likeness (QED) is 0.0645. The third-order valence-corrected chi connectivity index (χ3v) is 5.21. The molecule has 0 unspecified atom stereocenters. The summed E-state index contributed by atoms with van der Waals surface area (Å²) in [5.41, 5.74) is 18.7. The van der Waals surface area contributed by atoms with Gasteiger partial charge in [0.05, 0.1) is 20.0 Å². The molecule has 8 N–H and O–H groups in total. The number of nitrogens with two attached hydrogens (primary N) is 3. The van der Waals surface area contributed by atoms with Crippen LogP contribution in [0.4, 0.5) is 22.7 Å². The average Bonchev–Trinajstić information content (AvgIpc) is 2.78. The Labute approximate surface area is 215 Å². The van der Waals surface area contributed by atoms with E-state index in [-0.39, 0.29) is 17.3 Å². The molecule has 0 aliphatic rings. The van der Waals surface area contributed by atoms with Gasteiger partial charge >= 0.3 is 5.97 Å². The van der Waals surface area contributed by atoms with Crippen molar-refractivity contribution in [2.45, 2.75) is 18.9 Å². The Morgan fingerprint density at radius 3 is 2.11 bits per heavy atom. The molecular weight excluding hydrogens is 598 g/mol. The Hall–Kier alpha value is -3.70. The van der Waals surface area contributed by atoms with Gasteiger partial charge in [-0.1, -0.05) is 5.22 Å². The van der Waals surface area contributed by atoms with Gasteiger partial charge in [0.25, 0.3) is 11.4 Å². The minimum Gasteiger partial charge on any atom is -0.480 e. The van der Waals surface area contributed by atoms with E-state index in [4.69, 9.17) is 22.3 Å². The number of aliphatic carboxylic acids is 1. The van der Waals surface area contributed by atoms with Crippen LogP contribution in [0.2, 0.25) is 0 Å². The van der Waals surface area contributed by atoms with E-state index in [0.717, 1.165) is 0 Å². The van der Waals surface area contributed by atoms with Crippen LogP contribution in [0.1, 0.15) is 12.8 Å². The topological polar surface area (TPSA) is 251 Å². The molecule has 0 saturated heterocycles. The van der Waals surface area contributed by atoms with E-state index in [1.165, 1.54) is 36.4 Å². The Bertz CT molecular complexity index is 1130. The number of hydrogen-bond acceptors (Lipinski definition) is 9. The number of carbonyl (C=O) groups is 1. The summed E-state index contributed by atoms with van der Waals surface area (Å²) in [6.07, 6.45) is 0.956. The molecule has 0 aliphatic heterocycles. The van der Waals surface area contributed by atoms with Crippen molar-refractivity contribution >= 4 is 66.5 Å². The van der Waals surface area contributed by atoms with Crippen molar-refractivity contribution in [3.8, 4) is 0 Å². The zero-order chi connectivity index (χ0) is 26.5. The fraction of sp³-hybridized carbons (Fsp3) is 0.222. The number of nitrogens with zero attached hydrogens (tertiary/aromatic N) is 5. The van der Waals surface area contributed by atoms with E-state index in [9.17, 15) is 25.0 Å². The summed E-state index contributed by atoms with van der Waals surface area (Å²) < 4.78 is 0.869. The molecule has 17 heteroatoms. The van der Waals surface area contributed by atoms with Gasteiger partial charge in [0.2, 0.25) is 0 Å². The number of aliphatic imine (C=N–C) groups is 1. The van der Waals surface area contributed by atoms with Gasteiger partial charge in [0, 0.05) is 35.3 Å². The Morgan fingerprint density at radius 1 is 1.06 bits per heavy atom. The second-order valence-corrected chi connectivity index (χ2v) is 8.23. The molecule has 0 spiro atoms. The number of hydrogen-bond donors (Lipinski definition) is 5.